The molecule has 2 nitrogen and oxygen atoms in total. The number of aryl methyl sites for hydroxylation is 1. The number of alkyl halides is 1. The zero-order valence-corrected chi connectivity index (χ0v) is 12.2. The maximum Gasteiger partial charge on any atom is 0.123 e. The van der Waals surface area contributed by atoms with Crippen molar-refractivity contribution in [2.45, 2.75) is 19.8 Å². The van der Waals surface area contributed by atoms with Crippen LogP contribution < -0.4 is 4.74 Å². The molecule has 0 spiro atoms. The summed E-state index contributed by atoms with van der Waals surface area (Å²) in [5.41, 5.74) is 2.54. The van der Waals surface area contributed by atoms with Crippen molar-refractivity contribution >= 4 is 11.6 Å². The Morgan fingerprint density at radius 3 is 2.60 bits per heavy atom. The fourth-order valence-corrected chi connectivity index (χ4v) is 2.06. The molecule has 1 aromatic carbocycles. The number of benzene rings is 1. The molecular formula is C16H17ClFNO. The number of halogens is 2. The topological polar surface area (TPSA) is 22.1 Å². The fraction of sp³-hybridized carbons (Fsp3) is 0.312. The summed E-state index contributed by atoms with van der Waals surface area (Å²) in [7, 11) is 0. The number of rotatable bonds is 6. The normalized spacial score (nSPS) is 10.6. The van der Waals surface area contributed by atoms with Crippen LogP contribution in [-0.4, -0.2) is 17.5 Å². The number of hydrogen-bond donors (Lipinski definition) is 0. The highest BCUT2D eigenvalue weighted by atomic mass is 35.5. The molecule has 0 aliphatic heterocycles. The number of unbranched alkanes of at least 4 members (excludes halogenated alkanes) is 1. The van der Waals surface area contributed by atoms with Crippen LogP contribution in [0.25, 0.3) is 11.3 Å². The Morgan fingerprint density at radius 1 is 1.15 bits per heavy atom. The van der Waals surface area contributed by atoms with E-state index in [2.05, 4.69) is 4.98 Å². The maximum atomic E-state index is 12.9. The van der Waals surface area contributed by atoms with Crippen LogP contribution >= 0.6 is 11.6 Å². The molecule has 2 rings (SSSR count). The highest BCUT2D eigenvalue weighted by Crippen LogP contribution is 2.23. The van der Waals surface area contributed by atoms with Crippen molar-refractivity contribution in [2.24, 2.45) is 0 Å². The third-order valence-electron chi connectivity index (χ3n) is 2.86. The van der Waals surface area contributed by atoms with E-state index in [9.17, 15) is 4.39 Å². The Kier molecular flexibility index (Phi) is 5.36. The molecule has 0 amide bonds. The molecular weight excluding hydrogens is 277 g/mol. The smallest absolute Gasteiger partial charge is 0.123 e. The van der Waals surface area contributed by atoms with E-state index < -0.39 is 0 Å². The molecule has 20 heavy (non-hydrogen) atoms. The summed E-state index contributed by atoms with van der Waals surface area (Å²) in [6, 6.07) is 10.1. The lowest BCUT2D eigenvalue weighted by atomic mass is 10.1. The fourth-order valence-electron chi connectivity index (χ4n) is 1.88. The average molecular weight is 294 g/mol. The number of pyridine rings is 1. The Balaban J connectivity index is 2.13. The number of aromatic nitrogens is 1. The quantitative estimate of drug-likeness (QED) is 0.574. The van der Waals surface area contributed by atoms with E-state index in [-0.39, 0.29) is 5.82 Å². The second-order valence-electron chi connectivity index (χ2n) is 4.58. The van der Waals surface area contributed by atoms with Crippen LogP contribution in [0.3, 0.4) is 0 Å². The lowest BCUT2D eigenvalue weighted by Crippen LogP contribution is -1.99. The van der Waals surface area contributed by atoms with Crippen molar-refractivity contribution in [3.8, 4) is 17.0 Å². The summed E-state index contributed by atoms with van der Waals surface area (Å²) in [6.07, 6.45) is 1.87. The van der Waals surface area contributed by atoms with Crippen molar-refractivity contribution in [1.29, 1.82) is 0 Å². The summed E-state index contributed by atoms with van der Waals surface area (Å²) in [5, 5.41) is 0. The van der Waals surface area contributed by atoms with E-state index >= 15 is 0 Å². The summed E-state index contributed by atoms with van der Waals surface area (Å²) in [5.74, 6) is 1.19. The molecule has 106 valence electrons. The van der Waals surface area contributed by atoms with Gasteiger partial charge >= 0.3 is 0 Å². The van der Waals surface area contributed by atoms with Gasteiger partial charge in [0.05, 0.1) is 12.3 Å². The van der Waals surface area contributed by atoms with Crippen molar-refractivity contribution in [3.63, 3.8) is 0 Å². The largest absolute Gasteiger partial charge is 0.493 e. The Morgan fingerprint density at radius 2 is 1.90 bits per heavy atom. The minimum Gasteiger partial charge on any atom is -0.493 e. The van der Waals surface area contributed by atoms with Gasteiger partial charge in [-0.15, -0.1) is 11.6 Å². The van der Waals surface area contributed by atoms with E-state index in [0.29, 0.717) is 12.5 Å². The lowest BCUT2D eigenvalue weighted by Gasteiger charge is -2.09. The van der Waals surface area contributed by atoms with Gasteiger partial charge in [-0.3, -0.25) is 4.98 Å². The second-order valence-corrected chi connectivity index (χ2v) is 4.96. The van der Waals surface area contributed by atoms with Crippen molar-refractivity contribution in [3.05, 3.63) is 47.9 Å². The van der Waals surface area contributed by atoms with E-state index in [4.69, 9.17) is 16.3 Å². The van der Waals surface area contributed by atoms with E-state index in [1.54, 1.807) is 12.1 Å². The predicted octanol–water partition coefficient (Wildman–Crippen LogP) is 4.59. The van der Waals surface area contributed by atoms with E-state index in [1.165, 1.54) is 12.1 Å². The van der Waals surface area contributed by atoms with Crippen molar-refractivity contribution in [1.82, 2.24) is 4.98 Å². The highest BCUT2D eigenvalue weighted by Gasteiger charge is 2.04. The summed E-state index contributed by atoms with van der Waals surface area (Å²) < 4.78 is 18.6. The molecule has 1 heterocycles. The van der Waals surface area contributed by atoms with Crippen molar-refractivity contribution < 1.29 is 9.13 Å². The van der Waals surface area contributed by atoms with Gasteiger partial charge in [0.25, 0.3) is 0 Å². The van der Waals surface area contributed by atoms with Crippen molar-refractivity contribution in [2.75, 3.05) is 12.5 Å². The van der Waals surface area contributed by atoms with Crippen LogP contribution in [0.1, 0.15) is 18.5 Å². The Bertz CT molecular complexity index is 557. The number of nitrogens with zero attached hydrogens (tertiary/aromatic N) is 1. The van der Waals surface area contributed by atoms with Gasteiger partial charge in [0.1, 0.15) is 11.6 Å². The molecule has 0 saturated heterocycles. The molecule has 0 saturated carbocycles. The first-order valence-electron chi connectivity index (χ1n) is 6.62. The first-order chi connectivity index (χ1) is 9.69. The zero-order valence-electron chi connectivity index (χ0n) is 11.4. The first kappa shape index (κ1) is 14.8. The van der Waals surface area contributed by atoms with Gasteiger partial charge in [0, 0.05) is 29.3 Å². The van der Waals surface area contributed by atoms with E-state index in [1.807, 2.05) is 19.1 Å². The minimum absolute atomic E-state index is 0.251. The van der Waals surface area contributed by atoms with Gasteiger partial charge in [-0.2, -0.15) is 0 Å². The third kappa shape index (κ3) is 4.20. The zero-order chi connectivity index (χ0) is 14.4. The monoisotopic (exact) mass is 293 g/mol. The van der Waals surface area contributed by atoms with Crippen LogP contribution in [0.2, 0.25) is 0 Å². The van der Waals surface area contributed by atoms with Crippen LogP contribution in [-0.2, 0) is 0 Å². The molecule has 0 aliphatic carbocycles. The average Bonchev–Trinajstić information content (AvgIpc) is 2.44. The molecule has 0 N–H and O–H groups in total. The molecule has 0 fully saturated rings. The number of ether oxygens (including phenoxy) is 1. The predicted molar refractivity (Wildman–Crippen MR) is 79.8 cm³/mol. The minimum atomic E-state index is -0.251. The molecule has 0 bridgehead atoms. The van der Waals surface area contributed by atoms with Crippen LogP contribution in [0.15, 0.2) is 36.4 Å². The molecule has 4 heteroatoms. The molecule has 1 aromatic heterocycles. The third-order valence-corrected chi connectivity index (χ3v) is 3.13. The SMILES string of the molecule is Cc1cc(OCCCCCl)cc(-c2ccc(F)cc2)n1. The van der Waals surface area contributed by atoms with Gasteiger partial charge in [-0.25, -0.2) is 4.39 Å². The molecule has 0 unspecified atom stereocenters. The van der Waals surface area contributed by atoms with Gasteiger partial charge in [0.15, 0.2) is 0 Å². The maximum absolute atomic E-state index is 12.9. The highest BCUT2D eigenvalue weighted by molar-refractivity contribution is 6.17. The van der Waals surface area contributed by atoms with Crippen LogP contribution in [0.5, 0.6) is 5.75 Å². The molecule has 0 radical (unpaired) electrons. The molecule has 2 aromatic rings. The van der Waals surface area contributed by atoms with Crippen LogP contribution in [0, 0.1) is 12.7 Å². The van der Waals surface area contributed by atoms with Gasteiger partial charge < -0.3 is 4.74 Å². The van der Waals surface area contributed by atoms with Crippen LogP contribution in [0.4, 0.5) is 4.39 Å². The molecule has 0 atom stereocenters. The first-order valence-corrected chi connectivity index (χ1v) is 7.16. The van der Waals surface area contributed by atoms with Gasteiger partial charge in [0.2, 0.25) is 0 Å². The lowest BCUT2D eigenvalue weighted by molar-refractivity contribution is 0.309. The second kappa shape index (κ2) is 7.25. The Labute approximate surface area is 123 Å². The standard InChI is InChI=1S/C16H17ClFNO/c1-12-10-15(20-9-3-2-8-17)11-16(19-12)13-4-6-14(18)7-5-13/h4-7,10-11H,2-3,8-9H2,1H3. The number of hydrogen-bond acceptors (Lipinski definition) is 2. The Hall–Kier alpha value is -1.61. The van der Waals surface area contributed by atoms with Gasteiger partial charge in [-0.1, -0.05) is 0 Å². The van der Waals surface area contributed by atoms with Gasteiger partial charge in [-0.05, 0) is 44.0 Å². The summed E-state index contributed by atoms with van der Waals surface area (Å²) in [6.45, 7) is 2.55. The molecule has 0 aliphatic rings. The summed E-state index contributed by atoms with van der Waals surface area (Å²) in [4.78, 5) is 4.45. The summed E-state index contributed by atoms with van der Waals surface area (Å²) >= 11 is 5.63. The van der Waals surface area contributed by atoms with E-state index in [0.717, 1.165) is 35.5 Å².